The molecule has 2 nitrogen and oxygen atoms in total. The SMILES string of the molecule is Cc1ccc([C@H](C)N2CCNCC2)c2ccccc12. The Labute approximate surface area is 115 Å². The van der Waals surface area contributed by atoms with Crippen LogP contribution in [0.25, 0.3) is 10.8 Å². The predicted octanol–water partition coefficient (Wildman–Crippen LogP) is 3.11. The van der Waals surface area contributed by atoms with E-state index in [9.17, 15) is 0 Å². The molecule has 0 bridgehead atoms. The maximum atomic E-state index is 3.43. The number of nitrogens with zero attached hydrogens (tertiary/aromatic N) is 1. The average Bonchev–Trinajstić information content (AvgIpc) is 2.48. The van der Waals surface area contributed by atoms with Gasteiger partial charge in [-0.3, -0.25) is 4.90 Å². The van der Waals surface area contributed by atoms with Crippen molar-refractivity contribution < 1.29 is 0 Å². The van der Waals surface area contributed by atoms with Crippen LogP contribution in [0, 0.1) is 6.92 Å². The van der Waals surface area contributed by atoms with Gasteiger partial charge in [-0.1, -0.05) is 36.4 Å². The molecule has 3 rings (SSSR count). The third-order valence-corrected chi connectivity index (χ3v) is 4.33. The van der Waals surface area contributed by atoms with Crippen molar-refractivity contribution in [3.8, 4) is 0 Å². The van der Waals surface area contributed by atoms with E-state index >= 15 is 0 Å². The van der Waals surface area contributed by atoms with Gasteiger partial charge < -0.3 is 5.32 Å². The monoisotopic (exact) mass is 254 g/mol. The first-order chi connectivity index (χ1) is 9.27. The van der Waals surface area contributed by atoms with Crippen molar-refractivity contribution in [3.05, 3.63) is 47.5 Å². The zero-order valence-electron chi connectivity index (χ0n) is 11.8. The fraction of sp³-hybridized carbons (Fsp3) is 0.412. The molecule has 2 heteroatoms. The van der Waals surface area contributed by atoms with Crippen LogP contribution in [-0.4, -0.2) is 31.1 Å². The van der Waals surface area contributed by atoms with Gasteiger partial charge in [-0.05, 0) is 35.7 Å². The van der Waals surface area contributed by atoms with Crippen molar-refractivity contribution in [2.24, 2.45) is 0 Å². The highest BCUT2D eigenvalue weighted by molar-refractivity contribution is 5.88. The summed E-state index contributed by atoms with van der Waals surface area (Å²) in [5.74, 6) is 0. The molecule has 0 aliphatic carbocycles. The molecule has 2 aromatic rings. The topological polar surface area (TPSA) is 15.3 Å². The molecule has 1 heterocycles. The van der Waals surface area contributed by atoms with Crippen LogP contribution in [0.15, 0.2) is 36.4 Å². The minimum absolute atomic E-state index is 0.493. The number of fused-ring (bicyclic) bond motifs is 1. The van der Waals surface area contributed by atoms with E-state index in [2.05, 4.69) is 60.5 Å². The number of benzene rings is 2. The van der Waals surface area contributed by atoms with E-state index in [1.54, 1.807) is 0 Å². The largest absolute Gasteiger partial charge is 0.314 e. The summed E-state index contributed by atoms with van der Waals surface area (Å²) in [4.78, 5) is 2.58. The maximum Gasteiger partial charge on any atom is 0.0327 e. The van der Waals surface area contributed by atoms with Crippen LogP contribution in [0.4, 0.5) is 0 Å². The molecule has 1 saturated heterocycles. The fourth-order valence-electron chi connectivity index (χ4n) is 3.10. The average molecular weight is 254 g/mol. The highest BCUT2D eigenvalue weighted by Crippen LogP contribution is 2.30. The van der Waals surface area contributed by atoms with Gasteiger partial charge in [-0.25, -0.2) is 0 Å². The van der Waals surface area contributed by atoms with Gasteiger partial charge in [0.25, 0.3) is 0 Å². The van der Waals surface area contributed by atoms with Gasteiger partial charge in [-0.15, -0.1) is 0 Å². The molecule has 1 fully saturated rings. The molecule has 0 saturated carbocycles. The van der Waals surface area contributed by atoms with Gasteiger partial charge in [0.15, 0.2) is 0 Å². The third-order valence-electron chi connectivity index (χ3n) is 4.33. The van der Waals surface area contributed by atoms with Crippen molar-refractivity contribution in [2.75, 3.05) is 26.2 Å². The lowest BCUT2D eigenvalue weighted by molar-refractivity contribution is 0.186. The molecule has 19 heavy (non-hydrogen) atoms. The second kappa shape index (κ2) is 5.32. The van der Waals surface area contributed by atoms with Crippen molar-refractivity contribution in [3.63, 3.8) is 0 Å². The molecule has 1 atom stereocenters. The highest BCUT2D eigenvalue weighted by Gasteiger charge is 2.19. The Morgan fingerprint density at radius 2 is 1.68 bits per heavy atom. The van der Waals surface area contributed by atoms with Gasteiger partial charge in [0.1, 0.15) is 0 Å². The van der Waals surface area contributed by atoms with Crippen LogP contribution >= 0.6 is 0 Å². The van der Waals surface area contributed by atoms with E-state index in [1.165, 1.54) is 21.9 Å². The molecule has 2 aromatic carbocycles. The van der Waals surface area contributed by atoms with Crippen molar-refractivity contribution in [1.29, 1.82) is 0 Å². The van der Waals surface area contributed by atoms with Crippen LogP contribution in [0.1, 0.15) is 24.1 Å². The Hall–Kier alpha value is -1.38. The standard InChI is InChI=1S/C17H22N2/c1-13-7-8-16(17-6-4-3-5-15(13)17)14(2)19-11-9-18-10-12-19/h3-8,14,18H,9-12H2,1-2H3/t14-/m0/s1. The maximum absolute atomic E-state index is 3.43. The molecule has 1 aliphatic heterocycles. The van der Waals surface area contributed by atoms with Crippen molar-refractivity contribution >= 4 is 10.8 Å². The summed E-state index contributed by atoms with van der Waals surface area (Å²) in [5.41, 5.74) is 2.83. The molecule has 0 unspecified atom stereocenters. The Kier molecular flexibility index (Phi) is 3.54. The van der Waals surface area contributed by atoms with Crippen molar-refractivity contribution in [1.82, 2.24) is 10.2 Å². The number of rotatable bonds is 2. The lowest BCUT2D eigenvalue weighted by atomic mass is 9.95. The molecule has 1 aliphatic rings. The van der Waals surface area contributed by atoms with Gasteiger partial charge in [-0.2, -0.15) is 0 Å². The highest BCUT2D eigenvalue weighted by atomic mass is 15.2. The smallest absolute Gasteiger partial charge is 0.0327 e. The summed E-state index contributed by atoms with van der Waals surface area (Å²) in [7, 11) is 0. The van der Waals surface area contributed by atoms with Crippen LogP contribution < -0.4 is 5.32 Å². The molecule has 0 radical (unpaired) electrons. The van der Waals surface area contributed by atoms with E-state index < -0.39 is 0 Å². The minimum Gasteiger partial charge on any atom is -0.314 e. The summed E-state index contributed by atoms with van der Waals surface area (Å²) < 4.78 is 0. The Morgan fingerprint density at radius 3 is 2.42 bits per heavy atom. The first-order valence-corrected chi connectivity index (χ1v) is 7.20. The van der Waals surface area contributed by atoms with E-state index in [-0.39, 0.29) is 0 Å². The fourth-order valence-corrected chi connectivity index (χ4v) is 3.10. The van der Waals surface area contributed by atoms with E-state index in [1.807, 2.05) is 0 Å². The summed E-state index contributed by atoms with van der Waals surface area (Å²) in [6.07, 6.45) is 0. The zero-order chi connectivity index (χ0) is 13.2. The molecular formula is C17H22N2. The lowest BCUT2D eigenvalue weighted by Crippen LogP contribution is -2.44. The second-order valence-corrected chi connectivity index (χ2v) is 5.48. The Balaban J connectivity index is 2.02. The van der Waals surface area contributed by atoms with Gasteiger partial charge in [0.2, 0.25) is 0 Å². The molecule has 1 N–H and O–H groups in total. The van der Waals surface area contributed by atoms with Gasteiger partial charge in [0, 0.05) is 32.2 Å². The van der Waals surface area contributed by atoms with E-state index in [0.717, 1.165) is 26.2 Å². The van der Waals surface area contributed by atoms with Crippen molar-refractivity contribution in [2.45, 2.75) is 19.9 Å². The van der Waals surface area contributed by atoms with Crippen LogP contribution in [0.5, 0.6) is 0 Å². The second-order valence-electron chi connectivity index (χ2n) is 5.48. The quantitative estimate of drug-likeness (QED) is 0.886. The first-order valence-electron chi connectivity index (χ1n) is 7.20. The van der Waals surface area contributed by atoms with E-state index in [4.69, 9.17) is 0 Å². The number of aryl methyl sites for hydroxylation is 1. The number of piperazine rings is 1. The molecule has 100 valence electrons. The number of nitrogens with one attached hydrogen (secondary N) is 1. The van der Waals surface area contributed by atoms with Gasteiger partial charge in [0.05, 0.1) is 0 Å². The summed E-state index contributed by atoms with van der Waals surface area (Å²) in [6, 6.07) is 13.8. The van der Waals surface area contributed by atoms with Crippen LogP contribution in [0.2, 0.25) is 0 Å². The lowest BCUT2D eigenvalue weighted by Gasteiger charge is -2.33. The number of hydrogen-bond donors (Lipinski definition) is 1. The molecule has 0 spiro atoms. The normalized spacial score (nSPS) is 18.6. The Morgan fingerprint density at radius 1 is 1.00 bits per heavy atom. The number of hydrogen-bond acceptors (Lipinski definition) is 2. The molecule has 0 aromatic heterocycles. The zero-order valence-corrected chi connectivity index (χ0v) is 11.8. The van der Waals surface area contributed by atoms with E-state index in [0.29, 0.717) is 6.04 Å². The minimum atomic E-state index is 0.493. The Bertz CT molecular complexity index is 570. The molecular weight excluding hydrogens is 232 g/mol. The summed E-state index contributed by atoms with van der Waals surface area (Å²) >= 11 is 0. The van der Waals surface area contributed by atoms with Gasteiger partial charge >= 0.3 is 0 Å². The third kappa shape index (κ3) is 2.38. The first kappa shape index (κ1) is 12.6. The summed E-state index contributed by atoms with van der Waals surface area (Å²) in [5, 5.41) is 6.23. The van der Waals surface area contributed by atoms with Crippen LogP contribution in [0.3, 0.4) is 0 Å². The van der Waals surface area contributed by atoms with Crippen LogP contribution in [-0.2, 0) is 0 Å². The molecule has 0 amide bonds. The summed E-state index contributed by atoms with van der Waals surface area (Å²) in [6.45, 7) is 9.03. The predicted molar refractivity (Wildman–Crippen MR) is 81.5 cm³/mol.